The number of alkyl halides is 2. The molecule has 3 heteroatoms. The Bertz CT molecular complexity index is 126. The molecule has 1 fully saturated rings. The highest BCUT2D eigenvalue weighted by atomic mass is 79.9. The van der Waals surface area contributed by atoms with Crippen LogP contribution in [0.25, 0.3) is 0 Å². The molecule has 1 aliphatic carbocycles. The monoisotopic (exact) mass is 210 g/mol. The van der Waals surface area contributed by atoms with Gasteiger partial charge in [-0.2, -0.15) is 0 Å². The Hall–Kier alpha value is 0.440. The molecule has 2 atom stereocenters. The van der Waals surface area contributed by atoms with Gasteiger partial charge >= 0.3 is 0 Å². The fourth-order valence-corrected chi connectivity index (χ4v) is 1.81. The van der Waals surface area contributed by atoms with Crippen LogP contribution < -0.4 is 0 Å². The van der Waals surface area contributed by atoms with Crippen LogP contribution >= 0.6 is 27.5 Å². The summed E-state index contributed by atoms with van der Waals surface area (Å²) < 4.78 is 0. The summed E-state index contributed by atoms with van der Waals surface area (Å²) in [5.74, 6) is 0.185. The van der Waals surface area contributed by atoms with E-state index in [9.17, 15) is 4.79 Å². The van der Waals surface area contributed by atoms with Crippen molar-refractivity contribution in [3.05, 3.63) is 0 Å². The van der Waals surface area contributed by atoms with Crippen molar-refractivity contribution in [3.63, 3.8) is 0 Å². The van der Waals surface area contributed by atoms with Gasteiger partial charge in [0.15, 0.2) is 5.78 Å². The molecule has 0 saturated heterocycles. The molecule has 0 heterocycles. The maximum Gasteiger partial charge on any atom is 0.151 e. The highest BCUT2D eigenvalue weighted by Crippen LogP contribution is 2.25. The highest BCUT2D eigenvalue weighted by Gasteiger charge is 2.27. The largest absolute Gasteiger partial charge is 0.298 e. The van der Waals surface area contributed by atoms with Gasteiger partial charge in [-0.05, 0) is 12.8 Å². The maximum atomic E-state index is 10.8. The third-order valence-corrected chi connectivity index (χ3v) is 3.37. The van der Waals surface area contributed by atoms with E-state index in [2.05, 4.69) is 15.9 Å². The van der Waals surface area contributed by atoms with Crippen molar-refractivity contribution in [2.75, 3.05) is 0 Å². The normalized spacial score (nSPS) is 36.9. The topological polar surface area (TPSA) is 17.1 Å². The molecule has 0 N–H and O–H groups in total. The molecule has 0 spiro atoms. The van der Waals surface area contributed by atoms with Crippen molar-refractivity contribution >= 4 is 33.3 Å². The zero-order valence-corrected chi connectivity index (χ0v) is 7.28. The number of ketones is 1. The average Bonchev–Trinajstić information content (AvgIpc) is 1.83. The molecule has 9 heavy (non-hydrogen) atoms. The fraction of sp³-hybridized carbons (Fsp3) is 0.833. The van der Waals surface area contributed by atoms with Gasteiger partial charge in [0.25, 0.3) is 0 Å². The third-order valence-electron chi connectivity index (χ3n) is 1.53. The Kier molecular flexibility index (Phi) is 2.53. The van der Waals surface area contributed by atoms with Gasteiger partial charge in [-0.25, -0.2) is 0 Å². The summed E-state index contributed by atoms with van der Waals surface area (Å²) >= 11 is 9.06. The smallest absolute Gasteiger partial charge is 0.151 e. The molecule has 1 saturated carbocycles. The lowest BCUT2D eigenvalue weighted by molar-refractivity contribution is -0.119. The molecular formula is C6H8BrClO. The predicted molar refractivity (Wildman–Crippen MR) is 41.2 cm³/mol. The zero-order valence-electron chi connectivity index (χ0n) is 4.94. The molecule has 1 rings (SSSR count). The molecular weight excluding hydrogens is 203 g/mol. The Morgan fingerprint density at radius 1 is 1.67 bits per heavy atom. The van der Waals surface area contributed by atoms with Crippen LogP contribution in [0.5, 0.6) is 0 Å². The van der Waals surface area contributed by atoms with Gasteiger partial charge < -0.3 is 0 Å². The first-order valence-corrected chi connectivity index (χ1v) is 4.38. The summed E-state index contributed by atoms with van der Waals surface area (Å²) in [5, 5.41) is -0.279. The van der Waals surface area contributed by atoms with Crippen LogP contribution in [-0.2, 0) is 4.79 Å². The van der Waals surface area contributed by atoms with E-state index in [1.807, 2.05) is 0 Å². The van der Waals surface area contributed by atoms with Crippen molar-refractivity contribution in [2.24, 2.45) is 0 Å². The van der Waals surface area contributed by atoms with E-state index in [0.717, 1.165) is 12.8 Å². The van der Waals surface area contributed by atoms with E-state index in [1.54, 1.807) is 0 Å². The molecule has 0 aliphatic heterocycles. The van der Waals surface area contributed by atoms with Crippen LogP contribution in [0.4, 0.5) is 0 Å². The summed E-state index contributed by atoms with van der Waals surface area (Å²) in [5.41, 5.74) is 0. The van der Waals surface area contributed by atoms with E-state index in [4.69, 9.17) is 11.6 Å². The quantitative estimate of drug-likeness (QED) is 0.561. The average molecular weight is 211 g/mol. The number of hydrogen-bond donors (Lipinski definition) is 0. The van der Waals surface area contributed by atoms with Crippen LogP contribution in [0.15, 0.2) is 0 Å². The maximum absolute atomic E-state index is 10.8. The molecule has 0 aromatic heterocycles. The number of hydrogen-bond acceptors (Lipinski definition) is 1. The van der Waals surface area contributed by atoms with Crippen molar-refractivity contribution in [1.82, 2.24) is 0 Å². The highest BCUT2D eigenvalue weighted by molar-refractivity contribution is 9.09. The second-order valence-corrected chi connectivity index (χ2v) is 3.92. The molecule has 0 bridgehead atoms. The number of halogens is 2. The van der Waals surface area contributed by atoms with Crippen LogP contribution in [0.2, 0.25) is 0 Å². The Morgan fingerprint density at radius 3 is 2.78 bits per heavy atom. The van der Waals surface area contributed by atoms with Crippen LogP contribution in [0, 0.1) is 0 Å². The summed E-state index contributed by atoms with van der Waals surface area (Å²) in [6.07, 6.45) is 2.67. The first-order valence-electron chi connectivity index (χ1n) is 3.02. The minimum absolute atomic E-state index is 0.185. The van der Waals surface area contributed by atoms with Crippen LogP contribution in [-0.4, -0.2) is 16.0 Å². The van der Waals surface area contributed by atoms with Gasteiger partial charge in [0, 0.05) is 11.2 Å². The first kappa shape index (κ1) is 7.55. The number of carbonyl (C=O) groups excluding carboxylic acids is 1. The summed E-state index contributed by atoms with van der Waals surface area (Å²) in [6, 6.07) is 0. The number of carbonyl (C=O) groups is 1. The van der Waals surface area contributed by atoms with Gasteiger partial charge in [0.1, 0.15) is 5.38 Å². The minimum Gasteiger partial charge on any atom is -0.298 e. The molecule has 1 nitrogen and oxygen atoms in total. The summed E-state index contributed by atoms with van der Waals surface area (Å²) in [4.78, 5) is 11.1. The van der Waals surface area contributed by atoms with Gasteiger partial charge in [-0.1, -0.05) is 15.9 Å². The van der Waals surface area contributed by atoms with E-state index >= 15 is 0 Å². The molecule has 52 valence electrons. The van der Waals surface area contributed by atoms with Crippen molar-refractivity contribution < 1.29 is 4.79 Å². The molecule has 0 aromatic carbocycles. The lowest BCUT2D eigenvalue weighted by atomic mass is 9.99. The van der Waals surface area contributed by atoms with Crippen LogP contribution in [0.3, 0.4) is 0 Å². The van der Waals surface area contributed by atoms with Crippen molar-refractivity contribution in [3.8, 4) is 0 Å². The van der Waals surface area contributed by atoms with E-state index in [0.29, 0.717) is 6.42 Å². The first-order chi connectivity index (χ1) is 4.22. The van der Waals surface area contributed by atoms with E-state index < -0.39 is 0 Å². The lowest BCUT2D eigenvalue weighted by Gasteiger charge is -2.19. The van der Waals surface area contributed by atoms with E-state index in [-0.39, 0.29) is 16.0 Å². The van der Waals surface area contributed by atoms with Gasteiger partial charge in [0.2, 0.25) is 0 Å². The zero-order chi connectivity index (χ0) is 6.85. The van der Waals surface area contributed by atoms with Crippen molar-refractivity contribution in [1.29, 1.82) is 0 Å². The van der Waals surface area contributed by atoms with E-state index in [1.165, 1.54) is 0 Å². The minimum atomic E-state index is -0.279. The molecule has 0 unspecified atom stereocenters. The second kappa shape index (κ2) is 3.02. The third kappa shape index (κ3) is 1.68. The second-order valence-electron chi connectivity index (χ2n) is 2.28. The number of Topliss-reactive ketones (excluding diaryl/α,β-unsaturated/α-hetero) is 1. The Balaban J connectivity index is 2.51. The van der Waals surface area contributed by atoms with Gasteiger partial charge in [-0.15, -0.1) is 11.6 Å². The Morgan fingerprint density at radius 2 is 2.33 bits per heavy atom. The predicted octanol–water partition coefficient (Wildman–Crippen LogP) is 2.11. The van der Waals surface area contributed by atoms with Crippen molar-refractivity contribution in [2.45, 2.75) is 29.5 Å². The molecule has 0 aromatic rings. The molecule has 0 radical (unpaired) electrons. The molecule has 0 amide bonds. The lowest BCUT2D eigenvalue weighted by Crippen LogP contribution is -2.29. The number of rotatable bonds is 0. The summed E-state index contributed by atoms with van der Waals surface area (Å²) in [6.45, 7) is 0. The SMILES string of the molecule is O=C1CCC[C@@H](Br)[C@@H]1Cl. The standard InChI is InChI=1S/C6H8BrClO/c7-4-2-1-3-5(9)6(4)8/h4,6H,1-3H2/t4-,6+/m1/s1. The molecule has 1 aliphatic rings. The summed E-state index contributed by atoms with van der Waals surface area (Å²) in [7, 11) is 0. The van der Waals surface area contributed by atoms with Crippen LogP contribution in [0.1, 0.15) is 19.3 Å². The van der Waals surface area contributed by atoms with Gasteiger partial charge in [0.05, 0.1) is 0 Å². The Labute approximate surface area is 67.9 Å². The van der Waals surface area contributed by atoms with Gasteiger partial charge in [-0.3, -0.25) is 4.79 Å². The fourth-order valence-electron chi connectivity index (χ4n) is 0.957.